The number of hydrogen-bond donors (Lipinski definition) is 1. The van der Waals surface area contributed by atoms with Crippen LogP contribution >= 0.6 is 0 Å². The van der Waals surface area contributed by atoms with E-state index >= 15 is 0 Å². The van der Waals surface area contributed by atoms with Gasteiger partial charge in [-0.15, -0.1) is 0 Å². The molecule has 0 aromatic heterocycles. The lowest BCUT2D eigenvalue weighted by Crippen LogP contribution is -2.17. The largest absolute Gasteiger partial charge is 0.493 e. The molecule has 0 atom stereocenters. The highest BCUT2D eigenvalue weighted by Gasteiger charge is 2.45. The molecule has 0 bridgehead atoms. The fourth-order valence-corrected chi connectivity index (χ4v) is 2.56. The smallest absolute Gasteiger partial charge is 0.304 e. The van der Waals surface area contributed by atoms with Gasteiger partial charge >= 0.3 is 5.97 Å². The number of carbonyl (C=O) groups is 1. The maximum Gasteiger partial charge on any atom is 0.304 e. The minimum absolute atomic E-state index is 0.0960. The average molecular weight is 284 g/mol. The highest BCUT2D eigenvalue weighted by atomic mass is 32.2. The molecule has 0 radical (unpaired) electrons. The van der Waals surface area contributed by atoms with Gasteiger partial charge in [0.25, 0.3) is 0 Å². The Kier molecular flexibility index (Phi) is 3.54. The van der Waals surface area contributed by atoms with Crippen LogP contribution < -0.4 is 4.74 Å². The second-order valence-corrected chi connectivity index (χ2v) is 7.12. The summed E-state index contributed by atoms with van der Waals surface area (Å²) in [7, 11) is -3.26. The second kappa shape index (κ2) is 4.85. The second-order valence-electron chi connectivity index (χ2n) is 5.11. The standard InChI is InChI=1S/C13H16O5S/c1-19(16,17)11-4-2-3-10(7-11)18-9-13(5-6-13)8-12(14)15/h2-4,7H,5-6,8-9H2,1H3,(H,14,15). The van der Waals surface area contributed by atoms with Crippen molar-refractivity contribution in [1.82, 2.24) is 0 Å². The van der Waals surface area contributed by atoms with Crippen LogP contribution in [0.3, 0.4) is 0 Å². The zero-order valence-corrected chi connectivity index (χ0v) is 11.4. The van der Waals surface area contributed by atoms with Crippen LogP contribution in [0.2, 0.25) is 0 Å². The summed E-state index contributed by atoms with van der Waals surface area (Å²) in [6.45, 7) is 0.312. The molecule has 19 heavy (non-hydrogen) atoms. The molecule has 0 heterocycles. The summed E-state index contributed by atoms with van der Waals surface area (Å²) in [6, 6.07) is 6.26. The topological polar surface area (TPSA) is 80.7 Å². The van der Waals surface area contributed by atoms with Crippen molar-refractivity contribution < 1.29 is 23.1 Å². The molecular weight excluding hydrogens is 268 g/mol. The summed E-state index contributed by atoms with van der Waals surface area (Å²) in [4.78, 5) is 10.9. The molecule has 0 unspecified atom stereocenters. The molecule has 0 spiro atoms. The Labute approximate surface area is 112 Å². The van der Waals surface area contributed by atoms with Gasteiger partial charge in [0.15, 0.2) is 9.84 Å². The van der Waals surface area contributed by atoms with Gasteiger partial charge in [0.05, 0.1) is 17.9 Å². The molecule has 1 aliphatic rings. The van der Waals surface area contributed by atoms with Gasteiger partial charge in [-0.25, -0.2) is 8.42 Å². The van der Waals surface area contributed by atoms with Crippen LogP contribution in [0, 0.1) is 5.41 Å². The maximum absolute atomic E-state index is 11.4. The molecule has 1 saturated carbocycles. The van der Waals surface area contributed by atoms with Gasteiger partial charge in [0.1, 0.15) is 5.75 Å². The number of carboxylic acids is 1. The van der Waals surface area contributed by atoms with E-state index in [-0.39, 0.29) is 16.7 Å². The van der Waals surface area contributed by atoms with E-state index in [0.29, 0.717) is 12.4 Å². The Bertz CT molecular complexity index is 587. The Morgan fingerprint density at radius 3 is 2.63 bits per heavy atom. The lowest BCUT2D eigenvalue weighted by molar-refractivity contribution is -0.138. The quantitative estimate of drug-likeness (QED) is 0.860. The number of aliphatic carboxylic acids is 1. The first-order chi connectivity index (χ1) is 8.81. The van der Waals surface area contributed by atoms with Crippen LogP contribution in [0.5, 0.6) is 5.75 Å². The van der Waals surface area contributed by atoms with Crippen LogP contribution in [-0.2, 0) is 14.6 Å². The molecule has 2 rings (SSSR count). The van der Waals surface area contributed by atoms with Crippen molar-refractivity contribution in [3.05, 3.63) is 24.3 Å². The van der Waals surface area contributed by atoms with Crippen molar-refractivity contribution in [2.45, 2.75) is 24.2 Å². The van der Waals surface area contributed by atoms with Gasteiger partial charge in [-0.1, -0.05) is 6.07 Å². The minimum atomic E-state index is -3.26. The number of sulfone groups is 1. The SMILES string of the molecule is CS(=O)(=O)c1cccc(OCC2(CC(=O)O)CC2)c1. The van der Waals surface area contributed by atoms with E-state index in [1.807, 2.05) is 0 Å². The molecule has 1 aromatic carbocycles. The predicted octanol–water partition coefficient (Wildman–Crippen LogP) is 1.72. The van der Waals surface area contributed by atoms with Gasteiger partial charge in [-0.3, -0.25) is 4.79 Å². The average Bonchev–Trinajstić information content (AvgIpc) is 3.05. The molecule has 104 valence electrons. The number of hydrogen-bond acceptors (Lipinski definition) is 4. The molecule has 1 aliphatic carbocycles. The number of rotatable bonds is 6. The zero-order chi connectivity index (χ0) is 14.1. The van der Waals surface area contributed by atoms with Gasteiger partial charge in [-0.2, -0.15) is 0 Å². The van der Waals surface area contributed by atoms with Crippen LogP contribution in [0.1, 0.15) is 19.3 Å². The van der Waals surface area contributed by atoms with Crippen LogP contribution in [-0.4, -0.2) is 32.4 Å². The molecule has 0 aliphatic heterocycles. The summed E-state index contributed by atoms with van der Waals surface area (Å²) < 4.78 is 28.4. The molecular formula is C13H16O5S. The van der Waals surface area contributed by atoms with Gasteiger partial charge in [-0.05, 0) is 31.0 Å². The number of benzene rings is 1. The van der Waals surface area contributed by atoms with Crippen LogP contribution in [0.4, 0.5) is 0 Å². The summed E-state index contributed by atoms with van der Waals surface area (Å²) in [5, 5.41) is 8.80. The molecule has 1 aromatic rings. The normalized spacial score (nSPS) is 16.9. The highest BCUT2D eigenvalue weighted by molar-refractivity contribution is 7.90. The Hall–Kier alpha value is -1.56. The van der Waals surface area contributed by atoms with Crippen molar-refractivity contribution in [2.24, 2.45) is 5.41 Å². The summed E-state index contributed by atoms with van der Waals surface area (Å²) in [5.41, 5.74) is -0.271. The first-order valence-corrected chi connectivity index (χ1v) is 7.85. The predicted molar refractivity (Wildman–Crippen MR) is 69.0 cm³/mol. The van der Waals surface area contributed by atoms with Crippen molar-refractivity contribution in [2.75, 3.05) is 12.9 Å². The van der Waals surface area contributed by atoms with E-state index in [1.165, 1.54) is 12.1 Å². The molecule has 1 fully saturated rings. The summed E-state index contributed by atoms with van der Waals surface area (Å²) in [5.74, 6) is -0.370. The number of carboxylic acid groups (broad SMARTS) is 1. The Balaban J connectivity index is 2.03. The van der Waals surface area contributed by atoms with E-state index in [4.69, 9.17) is 9.84 Å². The molecule has 6 heteroatoms. The molecule has 1 N–H and O–H groups in total. The van der Waals surface area contributed by atoms with Crippen LogP contribution in [0.25, 0.3) is 0 Å². The maximum atomic E-state index is 11.4. The number of ether oxygens (including phenoxy) is 1. The molecule has 0 saturated heterocycles. The van der Waals surface area contributed by atoms with E-state index in [0.717, 1.165) is 19.1 Å². The zero-order valence-electron chi connectivity index (χ0n) is 10.6. The Morgan fingerprint density at radius 1 is 1.42 bits per heavy atom. The summed E-state index contributed by atoms with van der Waals surface area (Å²) >= 11 is 0. The van der Waals surface area contributed by atoms with Gasteiger partial charge in [0, 0.05) is 11.7 Å². The first-order valence-electron chi connectivity index (χ1n) is 5.96. The third kappa shape index (κ3) is 3.70. The Morgan fingerprint density at radius 2 is 2.11 bits per heavy atom. The van der Waals surface area contributed by atoms with Crippen LogP contribution in [0.15, 0.2) is 29.2 Å². The van der Waals surface area contributed by atoms with E-state index in [1.54, 1.807) is 12.1 Å². The van der Waals surface area contributed by atoms with E-state index in [2.05, 4.69) is 0 Å². The van der Waals surface area contributed by atoms with Gasteiger partial charge in [0.2, 0.25) is 0 Å². The third-order valence-corrected chi connectivity index (χ3v) is 4.37. The fourth-order valence-electron chi connectivity index (χ4n) is 1.90. The van der Waals surface area contributed by atoms with Crippen molar-refractivity contribution in [3.8, 4) is 5.75 Å². The fraction of sp³-hybridized carbons (Fsp3) is 0.462. The van der Waals surface area contributed by atoms with Crippen molar-refractivity contribution >= 4 is 15.8 Å². The van der Waals surface area contributed by atoms with Crippen molar-refractivity contribution in [3.63, 3.8) is 0 Å². The first kappa shape index (κ1) is 13.9. The van der Waals surface area contributed by atoms with E-state index in [9.17, 15) is 13.2 Å². The summed E-state index contributed by atoms with van der Waals surface area (Å²) in [6.07, 6.45) is 2.91. The lowest BCUT2D eigenvalue weighted by Gasteiger charge is -2.14. The monoisotopic (exact) mass is 284 g/mol. The van der Waals surface area contributed by atoms with Gasteiger partial charge < -0.3 is 9.84 Å². The third-order valence-electron chi connectivity index (χ3n) is 3.26. The van der Waals surface area contributed by atoms with E-state index < -0.39 is 15.8 Å². The minimum Gasteiger partial charge on any atom is -0.493 e. The highest BCUT2D eigenvalue weighted by Crippen LogP contribution is 2.49. The molecule has 0 amide bonds. The van der Waals surface area contributed by atoms with Crippen molar-refractivity contribution in [1.29, 1.82) is 0 Å². The lowest BCUT2D eigenvalue weighted by atomic mass is 10.0. The molecule has 5 nitrogen and oxygen atoms in total.